The van der Waals surface area contributed by atoms with Gasteiger partial charge < -0.3 is 15.2 Å². The van der Waals surface area contributed by atoms with Crippen molar-refractivity contribution in [3.8, 4) is 5.88 Å². The standard InChI is InChI=1S/C13H21N3O3/c1-10-9-11(19-2)16-13(15-10)14-8-6-4-3-5-7-12(17)18/h9H,3-8H2,1-2H3,(H,17,18)(H,14,15,16). The third-order valence-electron chi connectivity index (χ3n) is 2.64. The predicted octanol–water partition coefficient (Wildman–Crippen LogP) is 2.24. The highest BCUT2D eigenvalue weighted by Crippen LogP contribution is 2.11. The summed E-state index contributed by atoms with van der Waals surface area (Å²) < 4.78 is 5.07. The molecule has 0 amide bonds. The van der Waals surface area contributed by atoms with E-state index in [1.165, 1.54) is 0 Å². The molecule has 0 unspecified atom stereocenters. The maximum atomic E-state index is 10.3. The highest BCUT2D eigenvalue weighted by atomic mass is 16.5. The van der Waals surface area contributed by atoms with Crippen LogP contribution in [0.5, 0.6) is 5.88 Å². The van der Waals surface area contributed by atoms with E-state index in [-0.39, 0.29) is 6.42 Å². The number of aromatic nitrogens is 2. The lowest BCUT2D eigenvalue weighted by atomic mass is 10.1. The van der Waals surface area contributed by atoms with Gasteiger partial charge in [-0.3, -0.25) is 4.79 Å². The number of methoxy groups -OCH3 is 1. The number of hydrogen-bond acceptors (Lipinski definition) is 5. The number of ether oxygens (including phenoxy) is 1. The first kappa shape index (κ1) is 15.2. The van der Waals surface area contributed by atoms with Gasteiger partial charge in [-0.2, -0.15) is 4.98 Å². The van der Waals surface area contributed by atoms with Crippen LogP contribution in [0.15, 0.2) is 6.07 Å². The molecule has 19 heavy (non-hydrogen) atoms. The lowest BCUT2D eigenvalue weighted by Crippen LogP contribution is -2.07. The van der Waals surface area contributed by atoms with Gasteiger partial charge in [-0.1, -0.05) is 12.8 Å². The second-order valence-corrected chi connectivity index (χ2v) is 4.36. The van der Waals surface area contributed by atoms with Crippen LogP contribution in [0.1, 0.15) is 37.8 Å². The van der Waals surface area contributed by atoms with Crippen LogP contribution in [-0.2, 0) is 4.79 Å². The number of carboxylic acid groups (broad SMARTS) is 1. The quantitative estimate of drug-likeness (QED) is 0.667. The average Bonchev–Trinajstić information content (AvgIpc) is 2.36. The maximum absolute atomic E-state index is 10.3. The Morgan fingerprint density at radius 2 is 2.05 bits per heavy atom. The van der Waals surface area contributed by atoms with Crippen molar-refractivity contribution in [1.82, 2.24) is 9.97 Å². The molecule has 1 aromatic rings. The van der Waals surface area contributed by atoms with E-state index in [2.05, 4.69) is 15.3 Å². The van der Waals surface area contributed by atoms with Crippen LogP contribution < -0.4 is 10.1 Å². The average molecular weight is 267 g/mol. The number of anilines is 1. The van der Waals surface area contributed by atoms with E-state index in [1.807, 2.05) is 6.92 Å². The van der Waals surface area contributed by atoms with Crippen LogP contribution in [0.2, 0.25) is 0 Å². The molecule has 0 spiro atoms. The van der Waals surface area contributed by atoms with Crippen LogP contribution >= 0.6 is 0 Å². The molecule has 1 aromatic heterocycles. The first-order valence-corrected chi connectivity index (χ1v) is 6.47. The number of aliphatic carboxylic acids is 1. The second kappa shape index (κ2) is 8.29. The zero-order valence-corrected chi connectivity index (χ0v) is 11.5. The summed E-state index contributed by atoms with van der Waals surface area (Å²) in [5.74, 6) is 0.400. The zero-order chi connectivity index (χ0) is 14.1. The summed E-state index contributed by atoms with van der Waals surface area (Å²) in [6.07, 6.45) is 3.91. The Kier molecular flexibility index (Phi) is 6.63. The van der Waals surface area contributed by atoms with Crippen LogP contribution in [-0.4, -0.2) is 34.7 Å². The van der Waals surface area contributed by atoms with Gasteiger partial charge in [0.25, 0.3) is 0 Å². The van der Waals surface area contributed by atoms with Gasteiger partial charge in [-0.25, -0.2) is 4.98 Å². The number of rotatable bonds is 9. The Morgan fingerprint density at radius 1 is 1.32 bits per heavy atom. The minimum Gasteiger partial charge on any atom is -0.481 e. The monoisotopic (exact) mass is 267 g/mol. The molecule has 1 heterocycles. The van der Waals surface area contributed by atoms with Gasteiger partial charge in [0, 0.05) is 24.7 Å². The molecule has 6 nitrogen and oxygen atoms in total. The first-order chi connectivity index (χ1) is 9.11. The van der Waals surface area contributed by atoms with E-state index in [0.717, 1.165) is 37.9 Å². The van der Waals surface area contributed by atoms with E-state index >= 15 is 0 Å². The van der Waals surface area contributed by atoms with Crippen molar-refractivity contribution in [2.75, 3.05) is 19.0 Å². The van der Waals surface area contributed by atoms with Crippen LogP contribution in [0.3, 0.4) is 0 Å². The summed E-state index contributed by atoms with van der Waals surface area (Å²) >= 11 is 0. The largest absolute Gasteiger partial charge is 0.481 e. The van der Waals surface area contributed by atoms with Gasteiger partial charge in [0.1, 0.15) is 0 Å². The smallest absolute Gasteiger partial charge is 0.303 e. The molecular weight excluding hydrogens is 246 g/mol. The third kappa shape index (κ3) is 6.59. The molecule has 0 bridgehead atoms. The van der Waals surface area contributed by atoms with Crippen molar-refractivity contribution in [1.29, 1.82) is 0 Å². The van der Waals surface area contributed by atoms with Gasteiger partial charge in [0.15, 0.2) is 0 Å². The molecule has 0 aromatic carbocycles. The fourth-order valence-corrected chi connectivity index (χ4v) is 1.68. The molecule has 0 aliphatic rings. The highest BCUT2D eigenvalue weighted by molar-refractivity contribution is 5.66. The van der Waals surface area contributed by atoms with Crippen molar-refractivity contribution in [2.24, 2.45) is 0 Å². The second-order valence-electron chi connectivity index (χ2n) is 4.36. The molecule has 0 saturated heterocycles. The number of aryl methyl sites for hydroxylation is 1. The number of hydrogen-bond donors (Lipinski definition) is 2. The molecular formula is C13H21N3O3. The van der Waals surface area contributed by atoms with Crippen LogP contribution in [0, 0.1) is 6.92 Å². The van der Waals surface area contributed by atoms with Gasteiger partial charge in [-0.05, 0) is 19.8 Å². The topological polar surface area (TPSA) is 84.3 Å². The van der Waals surface area contributed by atoms with Crippen molar-refractivity contribution in [2.45, 2.75) is 39.0 Å². The number of unbranched alkanes of at least 4 members (excludes halogenated alkanes) is 3. The Hall–Kier alpha value is -1.85. The van der Waals surface area contributed by atoms with Gasteiger partial charge in [0.05, 0.1) is 7.11 Å². The molecule has 0 saturated carbocycles. The molecule has 0 fully saturated rings. The summed E-state index contributed by atoms with van der Waals surface area (Å²) in [5, 5.41) is 11.6. The molecule has 1 rings (SSSR count). The summed E-state index contributed by atoms with van der Waals surface area (Å²) in [6, 6.07) is 1.77. The molecule has 0 radical (unpaired) electrons. The van der Waals surface area contributed by atoms with Crippen molar-refractivity contribution in [3.63, 3.8) is 0 Å². The summed E-state index contributed by atoms with van der Waals surface area (Å²) in [6.45, 7) is 2.67. The fourth-order valence-electron chi connectivity index (χ4n) is 1.68. The lowest BCUT2D eigenvalue weighted by Gasteiger charge is -2.07. The highest BCUT2D eigenvalue weighted by Gasteiger charge is 2.01. The third-order valence-corrected chi connectivity index (χ3v) is 2.64. The van der Waals surface area contributed by atoms with Crippen molar-refractivity contribution < 1.29 is 14.6 Å². The number of nitrogens with one attached hydrogen (secondary N) is 1. The van der Waals surface area contributed by atoms with Gasteiger partial charge in [-0.15, -0.1) is 0 Å². The van der Waals surface area contributed by atoms with E-state index in [0.29, 0.717) is 11.8 Å². The summed E-state index contributed by atoms with van der Waals surface area (Å²) in [7, 11) is 1.58. The van der Waals surface area contributed by atoms with E-state index in [1.54, 1.807) is 13.2 Å². The zero-order valence-electron chi connectivity index (χ0n) is 11.5. The van der Waals surface area contributed by atoms with Crippen LogP contribution in [0.4, 0.5) is 5.95 Å². The molecule has 0 atom stereocenters. The van der Waals surface area contributed by atoms with Crippen molar-refractivity contribution in [3.05, 3.63) is 11.8 Å². The number of carbonyl (C=O) groups is 1. The van der Waals surface area contributed by atoms with E-state index in [9.17, 15) is 4.79 Å². The lowest BCUT2D eigenvalue weighted by molar-refractivity contribution is -0.137. The predicted molar refractivity (Wildman–Crippen MR) is 72.5 cm³/mol. The Bertz CT molecular complexity index is 410. The summed E-state index contributed by atoms with van der Waals surface area (Å²) in [5.41, 5.74) is 0.857. The Balaban J connectivity index is 2.18. The molecule has 106 valence electrons. The summed E-state index contributed by atoms with van der Waals surface area (Å²) in [4.78, 5) is 18.8. The molecule has 6 heteroatoms. The van der Waals surface area contributed by atoms with E-state index < -0.39 is 5.97 Å². The van der Waals surface area contributed by atoms with E-state index in [4.69, 9.17) is 9.84 Å². The molecule has 2 N–H and O–H groups in total. The first-order valence-electron chi connectivity index (χ1n) is 6.47. The normalized spacial score (nSPS) is 10.2. The SMILES string of the molecule is COc1cc(C)nc(NCCCCCCC(=O)O)n1. The maximum Gasteiger partial charge on any atom is 0.303 e. The molecule has 0 aliphatic carbocycles. The fraction of sp³-hybridized carbons (Fsp3) is 0.615. The minimum absolute atomic E-state index is 0.256. The minimum atomic E-state index is -0.724. The Morgan fingerprint density at radius 3 is 2.74 bits per heavy atom. The van der Waals surface area contributed by atoms with Crippen molar-refractivity contribution >= 4 is 11.9 Å². The molecule has 0 aliphatic heterocycles. The number of nitrogens with zero attached hydrogens (tertiary/aromatic N) is 2. The van der Waals surface area contributed by atoms with Gasteiger partial charge in [0.2, 0.25) is 11.8 Å². The Labute approximate surface area is 113 Å². The van der Waals surface area contributed by atoms with Crippen LogP contribution in [0.25, 0.3) is 0 Å². The van der Waals surface area contributed by atoms with Gasteiger partial charge >= 0.3 is 5.97 Å². The number of carboxylic acids is 1.